The smallest absolute Gasteiger partial charge is 0.317 e. The Balaban J connectivity index is 2.07. The first-order valence-electron chi connectivity index (χ1n) is 9.82. The zero-order chi connectivity index (χ0) is 21.2. The molecule has 2 rings (SSSR count). The Kier molecular flexibility index (Phi) is 9.21. The fourth-order valence-corrected chi connectivity index (χ4v) is 3.57. The first kappa shape index (κ1) is 23.0. The second kappa shape index (κ2) is 11.6. The highest BCUT2D eigenvalue weighted by atomic mass is 35.5. The van der Waals surface area contributed by atoms with E-state index in [9.17, 15) is 14.4 Å². The summed E-state index contributed by atoms with van der Waals surface area (Å²) in [6, 6.07) is 5.90. The van der Waals surface area contributed by atoms with Crippen molar-refractivity contribution in [3.63, 3.8) is 0 Å². The molecule has 9 heteroatoms. The van der Waals surface area contributed by atoms with Crippen molar-refractivity contribution in [2.24, 2.45) is 5.92 Å². The monoisotopic (exact) mass is 424 g/mol. The van der Waals surface area contributed by atoms with Gasteiger partial charge in [-0.3, -0.25) is 9.59 Å². The van der Waals surface area contributed by atoms with E-state index in [1.54, 1.807) is 36.3 Å². The van der Waals surface area contributed by atoms with Gasteiger partial charge in [-0.25, -0.2) is 4.79 Å². The number of hydrogen-bond donors (Lipinski definition) is 3. The van der Waals surface area contributed by atoms with Gasteiger partial charge in [0, 0.05) is 33.3 Å². The van der Waals surface area contributed by atoms with Gasteiger partial charge in [0.25, 0.3) is 5.91 Å². The number of rotatable bonds is 8. The lowest BCUT2D eigenvalue weighted by molar-refractivity contribution is -0.124. The first-order chi connectivity index (χ1) is 14.0. The van der Waals surface area contributed by atoms with E-state index in [4.69, 9.17) is 16.3 Å². The molecule has 8 nitrogen and oxygen atoms in total. The summed E-state index contributed by atoms with van der Waals surface area (Å²) < 4.78 is 4.98. The van der Waals surface area contributed by atoms with Crippen LogP contribution in [0.5, 0.6) is 0 Å². The number of carbonyl (C=O) groups is 3. The zero-order valence-corrected chi connectivity index (χ0v) is 17.6. The molecule has 1 heterocycles. The predicted molar refractivity (Wildman–Crippen MR) is 111 cm³/mol. The number of ether oxygens (including phenoxy) is 1. The number of amides is 4. The standard InChI is InChI=1S/C20H29ClN4O4/c1-3-22-20(28)25-11-8-14(9-12-25)17(19(27)23-10-13-29-2)24-18(26)15-6-4-5-7-16(15)21/h4-7,14,17H,3,8-13H2,1-2H3,(H,22,28)(H,23,27)(H,24,26). The lowest BCUT2D eigenvalue weighted by atomic mass is 9.88. The maximum absolute atomic E-state index is 12.8. The van der Waals surface area contributed by atoms with Gasteiger partial charge in [0.1, 0.15) is 6.04 Å². The van der Waals surface area contributed by atoms with Crippen molar-refractivity contribution < 1.29 is 19.1 Å². The largest absolute Gasteiger partial charge is 0.383 e. The van der Waals surface area contributed by atoms with Crippen LogP contribution in [0.4, 0.5) is 4.79 Å². The minimum Gasteiger partial charge on any atom is -0.383 e. The Morgan fingerprint density at radius 2 is 1.90 bits per heavy atom. The highest BCUT2D eigenvalue weighted by molar-refractivity contribution is 6.33. The van der Waals surface area contributed by atoms with Gasteiger partial charge in [0.2, 0.25) is 5.91 Å². The molecular weight excluding hydrogens is 396 g/mol. The van der Waals surface area contributed by atoms with Crippen LogP contribution in [0.15, 0.2) is 24.3 Å². The van der Waals surface area contributed by atoms with Gasteiger partial charge in [-0.05, 0) is 37.8 Å². The minimum atomic E-state index is -0.716. The quantitative estimate of drug-likeness (QED) is 0.552. The molecule has 4 amide bonds. The Hall–Kier alpha value is -2.32. The third-order valence-corrected chi connectivity index (χ3v) is 5.25. The molecule has 0 spiro atoms. The van der Waals surface area contributed by atoms with E-state index in [2.05, 4.69) is 16.0 Å². The SMILES string of the molecule is CCNC(=O)N1CCC(C(NC(=O)c2ccccc2Cl)C(=O)NCCOC)CC1. The van der Waals surface area contributed by atoms with Gasteiger partial charge in [-0.15, -0.1) is 0 Å². The summed E-state index contributed by atoms with van der Waals surface area (Å²) in [5.74, 6) is -0.748. The topological polar surface area (TPSA) is 99.8 Å². The van der Waals surface area contributed by atoms with Crippen molar-refractivity contribution >= 4 is 29.4 Å². The van der Waals surface area contributed by atoms with Gasteiger partial charge < -0.3 is 25.6 Å². The van der Waals surface area contributed by atoms with Crippen molar-refractivity contribution in [3.8, 4) is 0 Å². The van der Waals surface area contributed by atoms with Crippen LogP contribution in [-0.4, -0.2) is 68.7 Å². The second-order valence-electron chi connectivity index (χ2n) is 6.87. The molecule has 160 valence electrons. The molecule has 1 unspecified atom stereocenters. The molecule has 0 saturated carbocycles. The zero-order valence-electron chi connectivity index (χ0n) is 16.9. The summed E-state index contributed by atoms with van der Waals surface area (Å²) in [4.78, 5) is 39.3. The van der Waals surface area contributed by atoms with E-state index in [0.717, 1.165) is 0 Å². The van der Waals surface area contributed by atoms with Crippen LogP contribution in [0.2, 0.25) is 5.02 Å². The van der Waals surface area contributed by atoms with Gasteiger partial charge in [0.05, 0.1) is 17.2 Å². The number of halogens is 1. The molecule has 1 aromatic carbocycles. The van der Waals surface area contributed by atoms with E-state index in [1.807, 2.05) is 6.92 Å². The van der Waals surface area contributed by atoms with Crippen LogP contribution in [0.3, 0.4) is 0 Å². The first-order valence-corrected chi connectivity index (χ1v) is 10.2. The molecule has 0 aliphatic carbocycles. The number of hydrogen-bond acceptors (Lipinski definition) is 4. The van der Waals surface area contributed by atoms with E-state index >= 15 is 0 Å². The number of urea groups is 1. The van der Waals surface area contributed by atoms with Gasteiger partial charge >= 0.3 is 6.03 Å². The Bertz CT molecular complexity index is 707. The maximum Gasteiger partial charge on any atom is 0.317 e. The third kappa shape index (κ3) is 6.61. The number of nitrogens with zero attached hydrogens (tertiary/aromatic N) is 1. The van der Waals surface area contributed by atoms with E-state index in [-0.39, 0.29) is 17.9 Å². The molecule has 1 aliphatic rings. The van der Waals surface area contributed by atoms with Crippen LogP contribution in [0.25, 0.3) is 0 Å². The number of piperidine rings is 1. The Morgan fingerprint density at radius 1 is 1.21 bits per heavy atom. The average molecular weight is 425 g/mol. The molecule has 0 bridgehead atoms. The number of methoxy groups -OCH3 is 1. The number of carbonyl (C=O) groups excluding carboxylic acids is 3. The molecule has 1 aromatic rings. The minimum absolute atomic E-state index is 0.0883. The highest BCUT2D eigenvalue weighted by Crippen LogP contribution is 2.22. The molecule has 1 atom stereocenters. The summed E-state index contributed by atoms with van der Waals surface area (Å²) in [6.07, 6.45) is 1.23. The molecule has 1 fully saturated rings. The summed E-state index contributed by atoms with van der Waals surface area (Å²) in [5, 5.41) is 8.76. The number of likely N-dealkylation sites (tertiary alicyclic amines) is 1. The van der Waals surface area contributed by atoms with Crippen LogP contribution >= 0.6 is 11.6 Å². The average Bonchev–Trinajstić information content (AvgIpc) is 2.72. The van der Waals surface area contributed by atoms with Crippen molar-refractivity contribution in [1.82, 2.24) is 20.9 Å². The lowest BCUT2D eigenvalue weighted by Crippen LogP contribution is -2.54. The molecular formula is C20H29ClN4O4. The fraction of sp³-hybridized carbons (Fsp3) is 0.550. The Morgan fingerprint density at radius 3 is 2.52 bits per heavy atom. The number of nitrogens with one attached hydrogen (secondary N) is 3. The molecule has 0 radical (unpaired) electrons. The fourth-order valence-electron chi connectivity index (χ4n) is 3.35. The molecule has 3 N–H and O–H groups in total. The van der Waals surface area contributed by atoms with Crippen molar-refractivity contribution in [2.45, 2.75) is 25.8 Å². The highest BCUT2D eigenvalue weighted by Gasteiger charge is 2.34. The lowest BCUT2D eigenvalue weighted by Gasteiger charge is -2.35. The van der Waals surface area contributed by atoms with Crippen LogP contribution < -0.4 is 16.0 Å². The predicted octanol–water partition coefficient (Wildman–Crippen LogP) is 1.64. The third-order valence-electron chi connectivity index (χ3n) is 4.92. The molecule has 1 aliphatic heterocycles. The summed E-state index contributed by atoms with van der Waals surface area (Å²) >= 11 is 6.12. The van der Waals surface area contributed by atoms with E-state index in [1.165, 1.54) is 0 Å². The normalized spacial score (nSPS) is 15.5. The van der Waals surface area contributed by atoms with Gasteiger partial charge in [-0.2, -0.15) is 0 Å². The van der Waals surface area contributed by atoms with E-state index < -0.39 is 11.9 Å². The van der Waals surface area contributed by atoms with Crippen LogP contribution in [0.1, 0.15) is 30.1 Å². The van der Waals surface area contributed by atoms with E-state index in [0.29, 0.717) is 56.2 Å². The summed E-state index contributed by atoms with van der Waals surface area (Å²) in [7, 11) is 1.56. The van der Waals surface area contributed by atoms with Crippen molar-refractivity contribution in [1.29, 1.82) is 0 Å². The van der Waals surface area contributed by atoms with Crippen LogP contribution in [0, 0.1) is 5.92 Å². The molecule has 1 saturated heterocycles. The summed E-state index contributed by atoms with van der Waals surface area (Å²) in [5.41, 5.74) is 0.323. The second-order valence-corrected chi connectivity index (χ2v) is 7.28. The molecule has 29 heavy (non-hydrogen) atoms. The van der Waals surface area contributed by atoms with Gasteiger partial charge in [-0.1, -0.05) is 23.7 Å². The number of benzene rings is 1. The summed E-state index contributed by atoms with van der Waals surface area (Å²) in [6.45, 7) is 4.23. The maximum atomic E-state index is 12.8. The van der Waals surface area contributed by atoms with Gasteiger partial charge in [0.15, 0.2) is 0 Å². The van der Waals surface area contributed by atoms with Crippen LogP contribution in [-0.2, 0) is 9.53 Å². The van der Waals surface area contributed by atoms with Crippen molar-refractivity contribution in [3.05, 3.63) is 34.9 Å². The Labute approximate surface area is 176 Å². The molecule has 0 aromatic heterocycles. The van der Waals surface area contributed by atoms with Crippen molar-refractivity contribution in [2.75, 3.05) is 39.9 Å².